The van der Waals surface area contributed by atoms with Crippen LogP contribution in [0.2, 0.25) is 0 Å². The molecule has 1 unspecified atom stereocenters. The van der Waals surface area contributed by atoms with E-state index in [-0.39, 0.29) is 16.7 Å². The van der Waals surface area contributed by atoms with Gasteiger partial charge in [-0.15, -0.1) is 0 Å². The van der Waals surface area contributed by atoms with Crippen molar-refractivity contribution < 1.29 is 9.66 Å². The van der Waals surface area contributed by atoms with Crippen LogP contribution in [-0.2, 0) is 6.42 Å². The Labute approximate surface area is 107 Å². The largest absolute Gasteiger partial charge is 0.497 e. The van der Waals surface area contributed by atoms with Crippen LogP contribution in [-0.4, -0.2) is 25.1 Å². The van der Waals surface area contributed by atoms with Gasteiger partial charge in [0.25, 0.3) is 5.69 Å². The van der Waals surface area contributed by atoms with Crippen LogP contribution in [0.3, 0.4) is 0 Å². The van der Waals surface area contributed by atoms with E-state index < -0.39 is 0 Å². The molecule has 0 bridgehead atoms. The average molecular weight is 252 g/mol. The molecule has 5 nitrogen and oxygen atoms in total. The smallest absolute Gasteiger partial charge is 0.276 e. The third kappa shape index (κ3) is 3.70. The van der Waals surface area contributed by atoms with Gasteiger partial charge in [-0.2, -0.15) is 0 Å². The van der Waals surface area contributed by atoms with Crippen molar-refractivity contribution in [3.05, 3.63) is 33.9 Å². The van der Waals surface area contributed by atoms with E-state index in [1.807, 2.05) is 7.05 Å². The van der Waals surface area contributed by atoms with Gasteiger partial charge in [0.15, 0.2) is 0 Å². The van der Waals surface area contributed by atoms with E-state index >= 15 is 0 Å². The summed E-state index contributed by atoms with van der Waals surface area (Å²) in [6.45, 7) is 2.10. The summed E-state index contributed by atoms with van der Waals surface area (Å²) in [7, 11) is 3.39. The van der Waals surface area contributed by atoms with Crippen molar-refractivity contribution >= 4 is 5.69 Å². The Hall–Kier alpha value is -1.62. The minimum atomic E-state index is -0.351. The van der Waals surface area contributed by atoms with Crippen molar-refractivity contribution in [3.63, 3.8) is 0 Å². The third-order valence-electron chi connectivity index (χ3n) is 3.00. The molecule has 100 valence electrons. The van der Waals surface area contributed by atoms with Crippen LogP contribution in [0.15, 0.2) is 18.2 Å². The monoisotopic (exact) mass is 252 g/mol. The average Bonchev–Trinajstić information content (AvgIpc) is 2.38. The number of hydrogen-bond acceptors (Lipinski definition) is 4. The number of rotatable bonds is 7. The number of nitro groups is 1. The van der Waals surface area contributed by atoms with E-state index in [4.69, 9.17) is 4.74 Å². The summed E-state index contributed by atoms with van der Waals surface area (Å²) >= 11 is 0. The summed E-state index contributed by atoms with van der Waals surface area (Å²) in [4.78, 5) is 10.7. The van der Waals surface area contributed by atoms with Gasteiger partial charge in [0.05, 0.1) is 18.1 Å². The molecular weight excluding hydrogens is 232 g/mol. The summed E-state index contributed by atoms with van der Waals surface area (Å²) in [5, 5.41) is 14.2. The van der Waals surface area contributed by atoms with Crippen LogP contribution in [0.4, 0.5) is 5.69 Å². The summed E-state index contributed by atoms with van der Waals surface area (Å²) in [6.07, 6.45) is 2.71. The quantitative estimate of drug-likeness (QED) is 0.598. The molecule has 0 heterocycles. The number of likely N-dealkylation sites (N-methyl/N-ethyl adjacent to an activating group) is 1. The third-order valence-corrected chi connectivity index (χ3v) is 3.00. The molecule has 0 spiro atoms. The molecule has 0 aliphatic rings. The fourth-order valence-corrected chi connectivity index (χ4v) is 1.98. The van der Waals surface area contributed by atoms with Crippen LogP contribution in [0, 0.1) is 10.1 Å². The van der Waals surface area contributed by atoms with Gasteiger partial charge >= 0.3 is 0 Å². The van der Waals surface area contributed by atoms with E-state index in [1.165, 1.54) is 13.2 Å². The first-order valence-corrected chi connectivity index (χ1v) is 6.10. The molecule has 0 aliphatic carbocycles. The van der Waals surface area contributed by atoms with Crippen LogP contribution in [0.5, 0.6) is 5.75 Å². The lowest BCUT2D eigenvalue weighted by atomic mass is 10.0. The maximum Gasteiger partial charge on any atom is 0.276 e. The van der Waals surface area contributed by atoms with Crippen molar-refractivity contribution in [2.24, 2.45) is 0 Å². The van der Waals surface area contributed by atoms with Crippen LogP contribution >= 0.6 is 0 Å². The minimum absolute atomic E-state index is 0.130. The molecule has 0 fully saturated rings. The van der Waals surface area contributed by atoms with Crippen molar-refractivity contribution in [2.45, 2.75) is 32.2 Å². The summed E-state index contributed by atoms with van der Waals surface area (Å²) in [5.41, 5.74) is 0.874. The highest BCUT2D eigenvalue weighted by atomic mass is 16.6. The topological polar surface area (TPSA) is 64.4 Å². The predicted molar refractivity (Wildman–Crippen MR) is 71.1 cm³/mol. The van der Waals surface area contributed by atoms with Crippen LogP contribution in [0.25, 0.3) is 0 Å². The van der Waals surface area contributed by atoms with Gasteiger partial charge in [-0.25, -0.2) is 0 Å². The van der Waals surface area contributed by atoms with Gasteiger partial charge in [0.1, 0.15) is 5.75 Å². The first kappa shape index (κ1) is 14.4. The SMILES string of the molecule is CCCC(Cc1ccc(OC)cc1[N+](=O)[O-])NC. The summed E-state index contributed by atoms with van der Waals surface area (Å²) < 4.78 is 5.02. The van der Waals surface area contributed by atoms with Gasteiger partial charge in [-0.05, 0) is 32.0 Å². The lowest BCUT2D eigenvalue weighted by Crippen LogP contribution is -2.27. The first-order chi connectivity index (χ1) is 8.62. The zero-order valence-electron chi connectivity index (χ0n) is 11.1. The second kappa shape index (κ2) is 6.96. The molecule has 5 heteroatoms. The molecule has 1 aromatic rings. The van der Waals surface area contributed by atoms with Gasteiger partial charge in [-0.1, -0.05) is 13.3 Å². The van der Waals surface area contributed by atoms with E-state index in [9.17, 15) is 10.1 Å². The maximum absolute atomic E-state index is 11.0. The standard InChI is InChI=1S/C13H20N2O3/c1-4-5-11(14-2)8-10-6-7-12(18-3)9-13(10)15(16)17/h6-7,9,11,14H,4-5,8H2,1-3H3. The fraction of sp³-hybridized carbons (Fsp3) is 0.538. The van der Waals surface area contributed by atoms with Crippen molar-refractivity contribution in [3.8, 4) is 5.75 Å². The van der Waals surface area contributed by atoms with Gasteiger partial charge in [0, 0.05) is 11.6 Å². The Morgan fingerprint density at radius 3 is 2.72 bits per heavy atom. The molecule has 1 rings (SSSR count). The minimum Gasteiger partial charge on any atom is -0.497 e. The zero-order valence-corrected chi connectivity index (χ0v) is 11.1. The van der Waals surface area contributed by atoms with Crippen molar-refractivity contribution in [2.75, 3.05) is 14.2 Å². The first-order valence-electron chi connectivity index (χ1n) is 6.10. The molecule has 0 aromatic heterocycles. The molecule has 0 saturated heterocycles. The maximum atomic E-state index is 11.0. The van der Waals surface area contributed by atoms with E-state index in [0.29, 0.717) is 12.2 Å². The van der Waals surface area contributed by atoms with Crippen LogP contribution in [0.1, 0.15) is 25.3 Å². The lowest BCUT2D eigenvalue weighted by Gasteiger charge is -2.15. The molecule has 0 saturated carbocycles. The van der Waals surface area contributed by atoms with Crippen molar-refractivity contribution in [1.82, 2.24) is 5.32 Å². The van der Waals surface area contributed by atoms with E-state index in [0.717, 1.165) is 18.4 Å². The Balaban J connectivity index is 2.96. The number of benzene rings is 1. The zero-order chi connectivity index (χ0) is 13.5. The number of nitrogens with zero attached hydrogens (tertiary/aromatic N) is 1. The van der Waals surface area contributed by atoms with Gasteiger partial charge in [0.2, 0.25) is 0 Å². The van der Waals surface area contributed by atoms with Crippen LogP contribution < -0.4 is 10.1 Å². The number of nitro benzene ring substituents is 1. The highest BCUT2D eigenvalue weighted by molar-refractivity contribution is 5.46. The molecule has 18 heavy (non-hydrogen) atoms. The second-order valence-corrected chi connectivity index (χ2v) is 4.23. The molecule has 0 aliphatic heterocycles. The van der Waals surface area contributed by atoms with Gasteiger partial charge < -0.3 is 10.1 Å². The van der Waals surface area contributed by atoms with Crippen molar-refractivity contribution in [1.29, 1.82) is 0 Å². The number of hydrogen-bond donors (Lipinski definition) is 1. The predicted octanol–water partition coefficient (Wildman–Crippen LogP) is 2.53. The highest BCUT2D eigenvalue weighted by Gasteiger charge is 2.17. The Kier molecular flexibility index (Phi) is 5.58. The Morgan fingerprint density at radius 2 is 2.22 bits per heavy atom. The number of ether oxygens (including phenoxy) is 1. The summed E-state index contributed by atoms with van der Waals surface area (Å²) in [5.74, 6) is 0.516. The molecule has 1 aromatic carbocycles. The Bertz CT molecular complexity index is 407. The normalized spacial score (nSPS) is 12.2. The molecular formula is C13H20N2O3. The second-order valence-electron chi connectivity index (χ2n) is 4.23. The van der Waals surface area contributed by atoms with E-state index in [2.05, 4.69) is 12.2 Å². The molecule has 1 atom stereocenters. The molecule has 1 N–H and O–H groups in total. The summed E-state index contributed by atoms with van der Waals surface area (Å²) in [6, 6.07) is 5.29. The van der Waals surface area contributed by atoms with Gasteiger partial charge in [-0.3, -0.25) is 10.1 Å². The Morgan fingerprint density at radius 1 is 1.50 bits per heavy atom. The lowest BCUT2D eigenvalue weighted by molar-refractivity contribution is -0.385. The van der Waals surface area contributed by atoms with E-state index in [1.54, 1.807) is 12.1 Å². The molecule has 0 amide bonds. The molecule has 0 radical (unpaired) electrons. The fourth-order valence-electron chi connectivity index (χ4n) is 1.98. The number of methoxy groups -OCH3 is 1. The highest BCUT2D eigenvalue weighted by Crippen LogP contribution is 2.26. The number of nitrogens with one attached hydrogen (secondary N) is 1.